The molecule has 0 fully saturated rings. The molecule has 2 rings (SSSR count). The first-order chi connectivity index (χ1) is 11.1. The molecule has 0 bridgehead atoms. The SMILES string of the molecule is CCCCCC(=O)C1=C(O)c2ccccc2C(C(=O)OCC)C1. The second kappa shape index (κ2) is 7.95. The number of aliphatic hydroxyl groups excluding tert-OH is 1. The van der Waals surface area contributed by atoms with Crippen molar-refractivity contribution < 1.29 is 19.4 Å². The molecule has 0 radical (unpaired) electrons. The Hall–Kier alpha value is -2.10. The van der Waals surface area contributed by atoms with E-state index in [9.17, 15) is 14.7 Å². The van der Waals surface area contributed by atoms with Gasteiger partial charge >= 0.3 is 5.97 Å². The van der Waals surface area contributed by atoms with Crippen LogP contribution in [0.3, 0.4) is 0 Å². The molecule has 1 aliphatic carbocycles. The summed E-state index contributed by atoms with van der Waals surface area (Å²) in [5.74, 6) is -0.916. The minimum absolute atomic E-state index is 0.0163. The van der Waals surface area contributed by atoms with Crippen LogP contribution in [0.25, 0.3) is 5.76 Å². The molecule has 0 saturated carbocycles. The maximum atomic E-state index is 12.4. The zero-order valence-corrected chi connectivity index (χ0v) is 13.8. The standard InChI is InChI=1S/C19H24O4/c1-3-5-6-11-17(20)16-12-15(19(22)23-4-2)13-9-7-8-10-14(13)18(16)21/h7-10,15,21H,3-6,11-12H2,1-2H3. The second-order valence-corrected chi connectivity index (χ2v) is 5.80. The number of allylic oxidation sites excluding steroid dienone is 1. The fourth-order valence-electron chi connectivity index (χ4n) is 2.98. The molecule has 4 heteroatoms. The Kier molecular flexibility index (Phi) is 5.97. The van der Waals surface area contributed by atoms with Gasteiger partial charge in [-0.3, -0.25) is 9.59 Å². The lowest BCUT2D eigenvalue weighted by Crippen LogP contribution is -2.24. The van der Waals surface area contributed by atoms with E-state index >= 15 is 0 Å². The van der Waals surface area contributed by atoms with E-state index in [1.54, 1.807) is 19.1 Å². The van der Waals surface area contributed by atoms with Crippen molar-refractivity contribution in [1.82, 2.24) is 0 Å². The third-order valence-corrected chi connectivity index (χ3v) is 4.20. The summed E-state index contributed by atoms with van der Waals surface area (Å²) >= 11 is 0. The number of hydrogen-bond donors (Lipinski definition) is 1. The number of unbranched alkanes of at least 4 members (excludes halogenated alkanes) is 2. The molecule has 124 valence electrons. The van der Waals surface area contributed by atoms with Gasteiger partial charge in [-0.2, -0.15) is 0 Å². The molecule has 23 heavy (non-hydrogen) atoms. The number of aliphatic hydroxyl groups is 1. The predicted molar refractivity (Wildman–Crippen MR) is 89.1 cm³/mol. The van der Waals surface area contributed by atoms with Crippen LogP contribution in [0.1, 0.15) is 63.0 Å². The number of hydrogen-bond acceptors (Lipinski definition) is 4. The highest BCUT2D eigenvalue weighted by atomic mass is 16.5. The van der Waals surface area contributed by atoms with Crippen LogP contribution in [-0.4, -0.2) is 23.5 Å². The van der Waals surface area contributed by atoms with Gasteiger partial charge in [0.05, 0.1) is 12.5 Å². The first kappa shape index (κ1) is 17.3. The van der Waals surface area contributed by atoms with Crippen molar-refractivity contribution in [3.63, 3.8) is 0 Å². The number of benzene rings is 1. The zero-order chi connectivity index (χ0) is 16.8. The summed E-state index contributed by atoms with van der Waals surface area (Å²) in [4.78, 5) is 24.7. The molecule has 0 aromatic heterocycles. The first-order valence-corrected chi connectivity index (χ1v) is 8.31. The average Bonchev–Trinajstić information content (AvgIpc) is 2.55. The Labute approximate surface area is 137 Å². The number of ketones is 1. The highest BCUT2D eigenvalue weighted by Gasteiger charge is 2.34. The van der Waals surface area contributed by atoms with Crippen molar-refractivity contribution in [3.8, 4) is 0 Å². The number of fused-ring (bicyclic) bond motifs is 1. The normalized spacial score (nSPS) is 16.9. The second-order valence-electron chi connectivity index (χ2n) is 5.80. The molecule has 0 heterocycles. The maximum Gasteiger partial charge on any atom is 0.313 e. The van der Waals surface area contributed by atoms with E-state index in [0.717, 1.165) is 24.8 Å². The van der Waals surface area contributed by atoms with Crippen LogP contribution in [-0.2, 0) is 14.3 Å². The Morgan fingerprint density at radius 2 is 1.96 bits per heavy atom. The molecule has 0 saturated heterocycles. The van der Waals surface area contributed by atoms with Crippen LogP contribution >= 0.6 is 0 Å². The van der Waals surface area contributed by atoms with Crippen LogP contribution in [0.4, 0.5) is 0 Å². The van der Waals surface area contributed by atoms with Crippen LogP contribution < -0.4 is 0 Å². The van der Waals surface area contributed by atoms with E-state index in [2.05, 4.69) is 6.92 Å². The number of esters is 1. The summed E-state index contributed by atoms with van der Waals surface area (Å²) in [6.07, 6.45) is 3.44. The van der Waals surface area contributed by atoms with Crippen molar-refractivity contribution in [2.75, 3.05) is 6.61 Å². The van der Waals surface area contributed by atoms with Crippen molar-refractivity contribution in [2.45, 2.75) is 51.9 Å². The number of carbonyl (C=O) groups excluding carboxylic acids is 2. The monoisotopic (exact) mass is 316 g/mol. The zero-order valence-electron chi connectivity index (χ0n) is 13.8. The summed E-state index contributed by atoms with van der Waals surface area (Å²) in [6, 6.07) is 7.18. The summed E-state index contributed by atoms with van der Waals surface area (Å²) in [6.45, 7) is 4.14. The largest absolute Gasteiger partial charge is 0.507 e. The van der Waals surface area contributed by atoms with Crippen molar-refractivity contribution >= 4 is 17.5 Å². The molecule has 0 spiro atoms. The van der Waals surface area contributed by atoms with Gasteiger partial charge in [-0.15, -0.1) is 0 Å². The van der Waals surface area contributed by atoms with Gasteiger partial charge in [0.1, 0.15) is 5.76 Å². The van der Waals surface area contributed by atoms with Gasteiger partial charge < -0.3 is 9.84 Å². The Bertz CT molecular complexity index is 616. The Morgan fingerprint density at radius 3 is 2.65 bits per heavy atom. The highest BCUT2D eigenvalue weighted by Crippen LogP contribution is 2.39. The van der Waals surface area contributed by atoms with E-state index in [4.69, 9.17) is 4.74 Å². The molecule has 1 N–H and O–H groups in total. The lowest BCUT2D eigenvalue weighted by molar-refractivity contribution is -0.145. The minimum atomic E-state index is -0.521. The molecule has 1 aromatic carbocycles. The maximum absolute atomic E-state index is 12.4. The smallest absolute Gasteiger partial charge is 0.313 e. The van der Waals surface area contributed by atoms with Gasteiger partial charge in [0.15, 0.2) is 5.78 Å². The minimum Gasteiger partial charge on any atom is -0.507 e. The lowest BCUT2D eigenvalue weighted by atomic mass is 9.80. The van der Waals surface area contributed by atoms with E-state index in [1.165, 1.54) is 0 Å². The molecule has 1 unspecified atom stereocenters. The van der Waals surface area contributed by atoms with Crippen molar-refractivity contribution in [3.05, 3.63) is 41.0 Å². The van der Waals surface area contributed by atoms with Gasteiger partial charge in [0.25, 0.3) is 0 Å². The molecular weight excluding hydrogens is 292 g/mol. The third kappa shape index (κ3) is 3.81. The first-order valence-electron chi connectivity index (χ1n) is 8.31. The number of carbonyl (C=O) groups is 2. The van der Waals surface area contributed by atoms with E-state index in [-0.39, 0.29) is 23.9 Å². The van der Waals surface area contributed by atoms with Gasteiger partial charge in [0.2, 0.25) is 0 Å². The van der Waals surface area contributed by atoms with Crippen molar-refractivity contribution in [2.24, 2.45) is 0 Å². The molecule has 0 amide bonds. The van der Waals surface area contributed by atoms with Gasteiger partial charge in [-0.05, 0) is 25.3 Å². The van der Waals surface area contributed by atoms with E-state index < -0.39 is 5.92 Å². The van der Waals surface area contributed by atoms with E-state index in [1.807, 2.05) is 12.1 Å². The summed E-state index contributed by atoms with van der Waals surface area (Å²) < 4.78 is 5.15. The molecule has 0 aliphatic heterocycles. The highest BCUT2D eigenvalue weighted by molar-refractivity contribution is 6.03. The molecule has 1 aromatic rings. The fraction of sp³-hybridized carbons (Fsp3) is 0.474. The predicted octanol–water partition coefficient (Wildman–Crippen LogP) is 4.16. The summed E-state index contributed by atoms with van der Waals surface area (Å²) in [7, 11) is 0. The number of ether oxygens (including phenoxy) is 1. The van der Waals surface area contributed by atoms with E-state index in [0.29, 0.717) is 24.2 Å². The van der Waals surface area contributed by atoms with Gasteiger partial charge in [-0.25, -0.2) is 0 Å². The Balaban J connectivity index is 2.32. The lowest BCUT2D eigenvalue weighted by Gasteiger charge is -2.25. The molecular formula is C19H24O4. The third-order valence-electron chi connectivity index (χ3n) is 4.20. The topological polar surface area (TPSA) is 63.6 Å². The van der Waals surface area contributed by atoms with Crippen molar-refractivity contribution in [1.29, 1.82) is 0 Å². The van der Waals surface area contributed by atoms with Gasteiger partial charge in [-0.1, -0.05) is 44.0 Å². The molecule has 1 atom stereocenters. The quantitative estimate of drug-likeness (QED) is 0.606. The number of rotatable bonds is 7. The fourth-order valence-corrected chi connectivity index (χ4v) is 2.98. The number of Topliss-reactive ketones (excluding diaryl/α,β-unsaturated/α-hetero) is 1. The van der Waals surface area contributed by atoms with Crippen LogP contribution in [0.5, 0.6) is 0 Å². The molecule has 1 aliphatic rings. The average molecular weight is 316 g/mol. The van der Waals surface area contributed by atoms with Crippen LogP contribution in [0.15, 0.2) is 29.8 Å². The molecule has 4 nitrogen and oxygen atoms in total. The van der Waals surface area contributed by atoms with Gasteiger partial charge in [0, 0.05) is 17.6 Å². The Morgan fingerprint density at radius 1 is 1.22 bits per heavy atom. The van der Waals surface area contributed by atoms with Crippen LogP contribution in [0, 0.1) is 0 Å². The van der Waals surface area contributed by atoms with Crippen LogP contribution in [0.2, 0.25) is 0 Å². The summed E-state index contributed by atoms with van der Waals surface area (Å²) in [5.41, 5.74) is 1.65. The summed E-state index contributed by atoms with van der Waals surface area (Å²) in [5, 5.41) is 10.5.